The van der Waals surface area contributed by atoms with E-state index in [1.54, 1.807) is 25.2 Å². The molecule has 1 heterocycles. The zero-order chi connectivity index (χ0) is 22.2. The van der Waals surface area contributed by atoms with Crippen molar-refractivity contribution in [3.05, 3.63) is 99.5 Å². The van der Waals surface area contributed by atoms with Gasteiger partial charge in [-0.2, -0.15) is 5.11 Å². The minimum absolute atomic E-state index is 0.152. The van der Waals surface area contributed by atoms with Gasteiger partial charge < -0.3 is 5.11 Å². The van der Waals surface area contributed by atoms with Gasteiger partial charge >= 0.3 is 0 Å². The van der Waals surface area contributed by atoms with E-state index in [-0.39, 0.29) is 11.2 Å². The van der Waals surface area contributed by atoms with E-state index in [1.165, 1.54) is 4.68 Å². The molecule has 2 aromatic carbocycles. The molecule has 0 saturated heterocycles. The van der Waals surface area contributed by atoms with Crippen molar-refractivity contribution in [1.29, 1.82) is 0 Å². The number of aromatic amines is 1. The third kappa shape index (κ3) is 3.81. The van der Waals surface area contributed by atoms with Crippen LogP contribution in [0.1, 0.15) is 22.4 Å². The summed E-state index contributed by atoms with van der Waals surface area (Å²) in [7, 11) is 0. The smallest absolute Gasteiger partial charge is 0.299 e. The lowest BCUT2D eigenvalue weighted by Gasteiger charge is -2.30. The first-order valence-electron chi connectivity index (χ1n) is 10.0. The molecular weight excluding hydrogens is 390 g/mol. The lowest BCUT2D eigenvalue weighted by atomic mass is 9.88. The van der Waals surface area contributed by atoms with Crippen molar-refractivity contribution in [3.63, 3.8) is 0 Å². The summed E-state index contributed by atoms with van der Waals surface area (Å²) >= 11 is 0. The first kappa shape index (κ1) is 20.7. The van der Waals surface area contributed by atoms with E-state index in [0.717, 1.165) is 16.7 Å². The number of benzene rings is 2. The Balaban J connectivity index is 1.67. The molecule has 0 saturated carbocycles. The SMILES string of the molecule is Cc1ccc(-n2[nH]c(C)c(N=NC3(N)C=CC=C(c4ccccc4)C3O)c2=O)cc1C. The zero-order valence-electron chi connectivity index (χ0n) is 17.7. The quantitative estimate of drug-likeness (QED) is 0.563. The number of aliphatic hydroxyl groups is 1. The van der Waals surface area contributed by atoms with Crippen molar-refractivity contribution >= 4 is 11.3 Å². The average Bonchev–Trinajstić information content (AvgIpc) is 3.05. The molecule has 2 atom stereocenters. The molecule has 7 nitrogen and oxygen atoms in total. The fourth-order valence-corrected chi connectivity index (χ4v) is 3.55. The van der Waals surface area contributed by atoms with Crippen LogP contribution in [-0.2, 0) is 0 Å². The van der Waals surface area contributed by atoms with Crippen molar-refractivity contribution in [2.24, 2.45) is 16.0 Å². The average molecular weight is 415 g/mol. The van der Waals surface area contributed by atoms with Gasteiger partial charge in [0.25, 0.3) is 5.56 Å². The number of nitrogens with one attached hydrogen (secondary N) is 1. The third-order valence-electron chi connectivity index (χ3n) is 5.59. The predicted molar refractivity (Wildman–Crippen MR) is 122 cm³/mol. The van der Waals surface area contributed by atoms with E-state index in [1.807, 2.05) is 62.4 Å². The molecule has 3 aromatic rings. The molecule has 0 amide bonds. The Labute approximate surface area is 180 Å². The molecule has 4 N–H and O–H groups in total. The fraction of sp³-hybridized carbons (Fsp3) is 0.208. The molecule has 2 unspecified atom stereocenters. The van der Waals surface area contributed by atoms with Crippen LogP contribution < -0.4 is 11.3 Å². The van der Waals surface area contributed by atoms with Gasteiger partial charge in [0.1, 0.15) is 6.10 Å². The fourth-order valence-electron chi connectivity index (χ4n) is 3.55. The van der Waals surface area contributed by atoms with Gasteiger partial charge in [-0.25, -0.2) is 4.68 Å². The minimum Gasteiger partial charge on any atom is -0.384 e. The number of aryl methyl sites for hydroxylation is 3. The molecule has 0 fully saturated rings. The standard InChI is InChI=1S/C24H25N5O2/c1-15-11-12-19(14-16(15)2)29-23(31)21(17(3)27-29)26-28-24(25)13-7-10-20(22(24)30)18-8-5-4-6-9-18/h4-14,22,27,30H,25H2,1-3H3. The van der Waals surface area contributed by atoms with Crippen molar-refractivity contribution in [2.45, 2.75) is 32.5 Å². The zero-order valence-corrected chi connectivity index (χ0v) is 17.7. The third-order valence-corrected chi connectivity index (χ3v) is 5.59. The molecule has 0 bridgehead atoms. The molecule has 0 spiro atoms. The van der Waals surface area contributed by atoms with Gasteiger partial charge in [-0.05, 0) is 61.2 Å². The summed E-state index contributed by atoms with van der Waals surface area (Å²) in [6.07, 6.45) is 4.02. The summed E-state index contributed by atoms with van der Waals surface area (Å²) in [5.74, 6) is 0. The van der Waals surface area contributed by atoms with Gasteiger partial charge in [-0.15, -0.1) is 5.11 Å². The van der Waals surface area contributed by atoms with Gasteiger partial charge in [0.2, 0.25) is 0 Å². The van der Waals surface area contributed by atoms with Gasteiger partial charge in [-0.1, -0.05) is 48.6 Å². The summed E-state index contributed by atoms with van der Waals surface area (Å²) in [5.41, 5.74) is 9.70. The van der Waals surface area contributed by atoms with Crippen molar-refractivity contribution in [1.82, 2.24) is 9.78 Å². The number of azo groups is 1. The van der Waals surface area contributed by atoms with Crippen LogP contribution in [0.15, 0.2) is 81.8 Å². The van der Waals surface area contributed by atoms with Crippen LogP contribution in [0.2, 0.25) is 0 Å². The molecule has 1 aromatic heterocycles. The number of aliphatic hydroxyl groups excluding tert-OH is 1. The molecular formula is C24H25N5O2. The normalized spacial score (nSPS) is 20.9. The highest BCUT2D eigenvalue weighted by Crippen LogP contribution is 2.31. The Morgan fingerprint density at radius 3 is 2.55 bits per heavy atom. The number of nitrogens with two attached hydrogens (primary N) is 1. The van der Waals surface area contributed by atoms with Gasteiger partial charge in [0.05, 0.1) is 11.4 Å². The van der Waals surface area contributed by atoms with Crippen molar-refractivity contribution < 1.29 is 5.11 Å². The number of aromatic nitrogens is 2. The Morgan fingerprint density at radius 2 is 1.84 bits per heavy atom. The number of hydrogen-bond donors (Lipinski definition) is 3. The monoisotopic (exact) mass is 415 g/mol. The van der Waals surface area contributed by atoms with Crippen LogP contribution in [0, 0.1) is 20.8 Å². The summed E-state index contributed by atoms with van der Waals surface area (Å²) in [5, 5.41) is 22.3. The molecule has 0 radical (unpaired) electrons. The van der Waals surface area contributed by atoms with E-state index in [2.05, 4.69) is 15.3 Å². The molecule has 7 heteroatoms. The highest BCUT2D eigenvalue weighted by Gasteiger charge is 2.36. The number of rotatable bonds is 4. The maximum absolute atomic E-state index is 13.0. The maximum atomic E-state index is 13.0. The largest absolute Gasteiger partial charge is 0.384 e. The molecule has 0 aliphatic heterocycles. The van der Waals surface area contributed by atoms with Gasteiger partial charge in [0, 0.05) is 0 Å². The highest BCUT2D eigenvalue weighted by atomic mass is 16.3. The molecule has 4 rings (SSSR count). The highest BCUT2D eigenvalue weighted by molar-refractivity contribution is 5.73. The van der Waals surface area contributed by atoms with E-state index >= 15 is 0 Å². The molecule has 1 aliphatic rings. The first-order chi connectivity index (χ1) is 14.8. The lowest BCUT2D eigenvalue weighted by molar-refractivity contribution is 0.162. The van der Waals surface area contributed by atoms with E-state index in [9.17, 15) is 9.90 Å². The van der Waals surface area contributed by atoms with E-state index in [0.29, 0.717) is 17.0 Å². The van der Waals surface area contributed by atoms with Crippen LogP contribution in [-0.4, -0.2) is 26.7 Å². The summed E-state index contributed by atoms with van der Waals surface area (Å²) in [6.45, 7) is 5.76. The molecule has 1 aliphatic carbocycles. The van der Waals surface area contributed by atoms with Gasteiger partial charge in [0.15, 0.2) is 11.4 Å². The predicted octanol–water partition coefficient (Wildman–Crippen LogP) is 3.84. The second-order valence-corrected chi connectivity index (χ2v) is 7.83. The minimum atomic E-state index is -1.48. The Kier molecular flexibility index (Phi) is 5.31. The van der Waals surface area contributed by atoms with Crippen LogP contribution in [0.5, 0.6) is 0 Å². The molecule has 31 heavy (non-hydrogen) atoms. The first-order valence-corrected chi connectivity index (χ1v) is 10.0. The summed E-state index contributed by atoms with van der Waals surface area (Å²) in [6, 6.07) is 15.2. The van der Waals surface area contributed by atoms with Crippen LogP contribution in [0.3, 0.4) is 0 Å². The number of nitrogens with zero attached hydrogens (tertiary/aromatic N) is 3. The Morgan fingerprint density at radius 1 is 1.10 bits per heavy atom. The van der Waals surface area contributed by atoms with Crippen LogP contribution >= 0.6 is 0 Å². The maximum Gasteiger partial charge on any atom is 0.299 e. The van der Waals surface area contributed by atoms with Crippen molar-refractivity contribution in [2.75, 3.05) is 0 Å². The summed E-state index contributed by atoms with van der Waals surface area (Å²) < 4.78 is 1.43. The number of H-pyrrole nitrogens is 1. The number of hydrogen-bond acceptors (Lipinski definition) is 5. The van der Waals surface area contributed by atoms with Crippen LogP contribution in [0.25, 0.3) is 11.3 Å². The van der Waals surface area contributed by atoms with E-state index in [4.69, 9.17) is 5.73 Å². The summed E-state index contributed by atoms with van der Waals surface area (Å²) in [4.78, 5) is 13.0. The Hall–Kier alpha value is -3.55. The second kappa shape index (κ2) is 7.94. The topological polar surface area (TPSA) is 109 Å². The second-order valence-electron chi connectivity index (χ2n) is 7.83. The van der Waals surface area contributed by atoms with Crippen LogP contribution in [0.4, 0.5) is 5.69 Å². The van der Waals surface area contributed by atoms with Crippen molar-refractivity contribution in [3.8, 4) is 5.69 Å². The lowest BCUT2D eigenvalue weighted by Crippen LogP contribution is -2.48. The Bertz CT molecular complexity index is 1270. The van der Waals surface area contributed by atoms with Gasteiger partial charge in [-0.3, -0.25) is 15.6 Å². The number of allylic oxidation sites excluding steroid dienone is 2. The van der Waals surface area contributed by atoms with E-state index < -0.39 is 11.8 Å². The molecule has 158 valence electrons.